The lowest BCUT2D eigenvalue weighted by Gasteiger charge is -2.33. The summed E-state index contributed by atoms with van der Waals surface area (Å²) in [6.07, 6.45) is 4.30. The minimum atomic E-state index is -0.943. The van der Waals surface area contributed by atoms with Crippen molar-refractivity contribution in [3.05, 3.63) is 59.9 Å². The number of amides is 3. The van der Waals surface area contributed by atoms with Gasteiger partial charge in [0.15, 0.2) is 0 Å². The average Bonchev–Trinajstić information content (AvgIpc) is 3.10. The van der Waals surface area contributed by atoms with E-state index in [0.717, 1.165) is 37.8 Å². The summed E-state index contributed by atoms with van der Waals surface area (Å²) in [4.78, 5) is 41.7. The second-order valence-electron chi connectivity index (χ2n) is 8.05. The lowest BCUT2D eigenvalue weighted by molar-refractivity contribution is -0.124. The molecule has 2 aromatic rings. The molecule has 0 spiro atoms. The van der Waals surface area contributed by atoms with Crippen LogP contribution >= 0.6 is 0 Å². The Bertz CT molecular complexity index is 1020. The van der Waals surface area contributed by atoms with Crippen molar-refractivity contribution < 1.29 is 23.5 Å². The molecule has 3 amide bonds. The topological polar surface area (TPSA) is 79.0 Å². The van der Waals surface area contributed by atoms with Gasteiger partial charge in [-0.1, -0.05) is 43.5 Å². The minimum absolute atomic E-state index is 0.0695. The van der Waals surface area contributed by atoms with E-state index in [-0.39, 0.29) is 17.6 Å². The van der Waals surface area contributed by atoms with Gasteiger partial charge in [-0.05, 0) is 37.1 Å². The van der Waals surface area contributed by atoms with E-state index in [9.17, 15) is 18.8 Å². The Balaban J connectivity index is 1.75. The molecule has 0 aromatic heterocycles. The number of anilines is 2. The third kappa shape index (κ3) is 4.17. The van der Waals surface area contributed by atoms with Crippen LogP contribution in [-0.2, 0) is 14.3 Å². The summed E-state index contributed by atoms with van der Waals surface area (Å²) in [5.41, 5.74) is 1.73. The molecule has 4 rings (SSSR count). The van der Waals surface area contributed by atoms with Gasteiger partial charge in [0.25, 0.3) is 5.91 Å². The molecule has 0 bridgehead atoms. The van der Waals surface area contributed by atoms with Gasteiger partial charge in [0.2, 0.25) is 5.91 Å². The highest BCUT2D eigenvalue weighted by Gasteiger charge is 2.45. The maximum Gasteiger partial charge on any atom is 0.407 e. The molecule has 1 aliphatic heterocycles. The molecule has 1 unspecified atom stereocenters. The van der Waals surface area contributed by atoms with E-state index < -0.39 is 30.4 Å². The number of carbonyl (C=O) groups is 3. The highest BCUT2D eigenvalue weighted by atomic mass is 19.1. The molecule has 2 aromatic carbocycles. The van der Waals surface area contributed by atoms with Crippen LogP contribution < -0.4 is 15.1 Å². The molecular formula is C24H26FN3O4. The number of benzene rings is 2. The van der Waals surface area contributed by atoms with Crippen LogP contribution in [0.4, 0.5) is 20.6 Å². The molecule has 1 atom stereocenters. The van der Waals surface area contributed by atoms with Crippen molar-refractivity contribution in [3.8, 4) is 0 Å². The first kappa shape index (κ1) is 21.8. The number of para-hydroxylation sites is 1. The number of nitrogens with zero attached hydrogens (tertiary/aromatic N) is 2. The first-order valence-corrected chi connectivity index (χ1v) is 10.8. The molecule has 32 heavy (non-hydrogen) atoms. The Hall–Kier alpha value is -3.42. The Morgan fingerprint density at radius 1 is 1.12 bits per heavy atom. The lowest BCUT2D eigenvalue weighted by atomic mass is 9.94. The number of halogens is 1. The third-order valence-electron chi connectivity index (χ3n) is 6.08. The van der Waals surface area contributed by atoms with Crippen LogP contribution in [0, 0.1) is 5.82 Å². The van der Waals surface area contributed by atoms with Gasteiger partial charge in [-0.2, -0.15) is 0 Å². The number of fused-ring (bicyclic) bond motifs is 1. The predicted octanol–water partition coefficient (Wildman–Crippen LogP) is 3.94. The molecule has 2 aliphatic rings. The number of rotatable bonds is 5. The summed E-state index contributed by atoms with van der Waals surface area (Å²) >= 11 is 0. The fourth-order valence-electron chi connectivity index (χ4n) is 4.66. The zero-order valence-corrected chi connectivity index (χ0v) is 17.9. The minimum Gasteiger partial charge on any atom is -0.453 e. The van der Waals surface area contributed by atoms with Crippen LogP contribution in [0.25, 0.3) is 0 Å². The quantitative estimate of drug-likeness (QED) is 0.766. The standard InChI is InChI=1S/C24H26FN3O4/c1-32-24(31)26-15-21(29)28(18-11-7-8-16(25)14-18)22-19-12-5-6-13-20(19)27(23(22)30)17-9-3-2-4-10-17/h5-8,11-14,17,22H,2-4,9-10,15H2,1H3,(H,26,31). The van der Waals surface area contributed by atoms with Gasteiger partial charge in [-0.15, -0.1) is 0 Å². The summed E-state index contributed by atoms with van der Waals surface area (Å²) in [5.74, 6) is -1.28. The highest BCUT2D eigenvalue weighted by molar-refractivity contribution is 6.12. The number of carbonyl (C=O) groups excluding carboxylic acids is 3. The average molecular weight is 439 g/mol. The Morgan fingerprint density at radius 2 is 1.88 bits per heavy atom. The molecule has 168 valence electrons. The summed E-state index contributed by atoms with van der Waals surface area (Å²) in [7, 11) is 1.20. The van der Waals surface area contributed by atoms with Crippen LogP contribution in [0.3, 0.4) is 0 Å². The van der Waals surface area contributed by atoms with E-state index in [1.54, 1.807) is 6.07 Å². The van der Waals surface area contributed by atoms with E-state index in [1.807, 2.05) is 29.2 Å². The van der Waals surface area contributed by atoms with Crippen molar-refractivity contribution in [2.45, 2.75) is 44.2 Å². The number of nitrogens with one attached hydrogen (secondary N) is 1. The van der Waals surface area contributed by atoms with Gasteiger partial charge in [0, 0.05) is 23.0 Å². The van der Waals surface area contributed by atoms with Crippen molar-refractivity contribution in [1.82, 2.24) is 5.32 Å². The largest absolute Gasteiger partial charge is 0.453 e. The number of ether oxygens (including phenoxy) is 1. The van der Waals surface area contributed by atoms with Crippen molar-refractivity contribution in [3.63, 3.8) is 0 Å². The Kier molecular flexibility index (Phi) is 6.39. The smallest absolute Gasteiger partial charge is 0.407 e. The van der Waals surface area contributed by atoms with E-state index >= 15 is 0 Å². The molecule has 0 saturated heterocycles. The van der Waals surface area contributed by atoms with Crippen molar-refractivity contribution in [2.75, 3.05) is 23.5 Å². The molecule has 1 heterocycles. The van der Waals surface area contributed by atoms with Gasteiger partial charge in [-0.3, -0.25) is 14.5 Å². The van der Waals surface area contributed by atoms with Gasteiger partial charge in [0.1, 0.15) is 18.4 Å². The zero-order valence-electron chi connectivity index (χ0n) is 17.9. The van der Waals surface area contributed by atoms with Crippen LogP contribution in [0.15, 0.2) is 48.5 Å². The second kappa shape index (κ2) is 9.38. The number of alkyl carbamates (subject to hydrolysis) is 1. The Morgan fingerprint density at radius 3 is 2.59 bits per heavy atom. The summed E-state index contributed by atoms with van der Waals surface area (Å²) in [6.45, 7) is -0.390. The summed E-state index contributed by atoms with van der Waals surface area (Å²) in [5, 5.41) is 2.36. The third-order valence-corrected chi connectivity index (χ3v) is 6.08. The van der Waals surface area contributed by atoms with Gasteiger partial charge < -0.3 is 15.0 Å². The van der Waals surface area contributed by atoms with Crippen molar-refractivity contribution in [2.24, 2.45) is 0 Å². The molecule has 1 fully saturated rings. The Labute approximate surface area is 186 Å². The van der Waals surface area contributed by atoms with Gasteiger partial charge >= 0.3 is 6.09 Å². The highest BCUT2D eigenvalue weighted by Crippen LogP contribution is 2.44. The van der Waals surface area contributed by atoms with E-state index in [2.05, 4.69) is 10.1 Å². The maximum absolute atomic E-state index is 14.1. The predicted molar refractivity (Wildman–Crippen MR) is 118 cm³/mol. The second-order valence-corrected chi connectivity index (χ2v) is 8.05. The van der Waals surface area contributed by atoms with E-state index in [4.69, 9.17) is 0 Å². The summed E-state index contributed by atoms with van der Waals surface area (Å²) in [6, 6.07) is 12.1. The van der Waals surface area contributed by atoms with E-state index in [1.165, 1.54) is 30.2 Å². The maximum atomic E-state index is 14.1. The molecule has 0 radical (unpaired) electrons. The monoisotopic (exact) mass is 439 g/mol. The number of hydrogen-bond acceptors (Lipinski definition) is 4. The molecule has 1 aliphatic carbocycles. The van der Waals surface area contributed by atoms with Gasteiger partial charge in [-0.25, -0.2) is 9.18 Å². The zero-order chi connectivity index (χ0) is 22.7. The van der Waals surface area contributed by atoms with Crippen molar-refractivity contribution >= 4 is 29.3 Å². The van der Waals surface area contributed by atoms with Crippen LogP contribution in [0.2, 0.25) is 0 Å². The van der Waals surface area contributed by atoms with Crippen molar-refractivity contribution in [1.29, 1.82) is 0 Å². The van der Waals surface area contributed by atoms with E-state index in [0.29, 0.717) is 5.56 Å². The molecular weight excluding hydrogens is 413 g/mol. The molecule has 8 heteroatoms. The first-order chi connectivity index (χ1) is 15.5. The molecule has 7 nitrogen and oxygen atoms in total. The lowest BCUT2D eigenvalue weighted by Crippen LogP contribution is -2.47. The first-order valence-electron chi connectivity index (χ1n) is 10.8. The number of hydrogen-bond donors (Lipinski definition) is 1. The van der Waals surface area contributed by atoms with Crippen LogP contribution in [0.1, 0.15) is 43.7 Å². The number of methoxy groups -OCH3 is 1. The SMILES string of the molecule is COC(=O)NCC(=O)N(c1cccc(F)c1)C1C(=O)N(C2CCCCC2)c2ccccc21. The fourth-order valence-corrected chi connectivity index (χ4v) is 4.66. The fraction of sp³-hybridized carbons (Fsp3) is 0.375. The molecule has 1 N–H and O–H groups in total. The molecule has 1 saturated carbocycles. The van der Waals surface area contributed by atoms with Crippen LogP contribution in [0.5, 0.6) is 0 Å². The van der Waals surface area contributed by atoms with Gasteiger partial charge in [0.05, 0.1) is 7.11 Å². The normalized spacial score (nSPS) is 18.2. The van der Waals surface area contributed by atoms with Crippen LogP contribution in [-0.4, -0.2) is 37.6 Å². The summed E-state index contributed by atoms with van der Waals surface area (Å²) < 4.78 is 18.6.